The standard InChI is InChI=1S/C16H23N3O2/c1-11(18-16(21)17-10-13-5-3-6-13)14-7-4-8-15(9-14)19-12(2)20/h4,7-9,11,13H,3,5-6,10H2,1-2H3,(H,19,20)(H2,17,18,21)/t11-/m0/s1. The molecule has 0 heterocycles. The van der Waals surface area contributed by atoms with Gasteiger partial charge < -0.3 is 16.0 Å². The second-order valence-corrected chi connectivity index (χ2v) is 5.68. The molecule has 0 radical (unpaired) electrons. The summed E-state index contributed by atoms with van der Waals surface area (Å²) in [5, 5.41) is 8.57. The summed E-state index contributed by atoms with van der Waals surface area (Å²) in [7, 11) is 0. The van der Waals surface area contributed by atoms with Crippen molar-refractivity contribution in [2.75, 3.05) is 11.9 Å². The Kier molecular flexibility index (Phi) is 5.20. The lowest BCUT2D eigenvalue weighted by Gasteiger charge is -2.26. The smallest absolute Gasteiger partial charge is 0.315 e. The number of benzene rings is 1. The highest BCUT2D eigenvalue weighted by Gasteiger charge is 2.18. The third-order valence-corrected chi connectivity index (χ3v) is 3.83. The Hall–Kier alpha value is -2.04. The van der Waals surface area contributed by atoms with Gasteiger partial charge in [0.1, 0.15) is 0 Å². The number of carbonyl (C=O) groups is 2. The van der Waals surface area contributed by atoms with E-state index < -0.39 is 0 Å². The summed E-state index contributed by atoms with van der Waals surface area (Å²) in [6.45, 7) is 4.16. The van der Waals surface area contributed by atoms with Gasteiger partial charge in [-0.25, -0.2) is 4.79 Å². The lowest BCUT2D eigenvalue weighted by Crippen LogP contribution is -2.40. The third kappa shape index (κ3) is 4.77. The molecule has 1 atom stereocenters. The van der Waals surface area contributed by atoms with Crippen molar-refractivity contribution in [2.45, 2.75) is 39.2 Å². The zero-order valence-electron chi connectivity index (χ0n) is 12.6. The summed E-state index contributed by atoms with van der Waals surface area (Å²) in [6, 6.07) is 7.25. The molecule has 114 valence electrons. The topological polar surface area (TPSA) is 70.2 Å². The number of urea groups is 1. The minimum absolute atomic E-state index is 0.106. The van der Waals surface area contributed by atoms with Gasteiger partial charge in [0.15, 0.2) is 0 Å². The Morgan fingerprint density at radius 2 is 2.10 bits per heavy atom. The molecule has 0 bridgehead atoms. The summed E-state index contributed by atoms with van der Waals surface area (Å²) in [6.07, 6.45) is 3.71. The highest BCUT2D eigenvalue weighted by Crippen LogP contribution is 2.25. The van der Waals surface area contributed by atoms with E-state index in [9.17, 15) is 9.59 Å². The van der Waals surface area contributed by atoms with Gasteiger partial charge in [0.05, 0.1) is 6.04 Å². The Balaban J connectivity index is 1.84. The number of nitrogens with one attached hydrogen (secondary N) is 3. The first-order valence-corrected chi connectivity index (χ1v) is 7.46. The van der Waals surface area contributed by atoms with E-state index in [1.807, 2.05) is 31.2 Å². The summed E-state index contributed by atoms with van der Waals surface area (Å²) in [5.74, 6) is 0.542. The van der Waals surface area contributed by atoms with Crippen molar-refractivity contribution >= 4 is 17.6 Å². The zero-order chi connectivity index (χ0) is 15.2. The van der Waals surface area contributed by atoms with E-state index in [1.54, 1.807) is 0 Å². The molecule has 1 aliphatic rings. The Morgan fingerprint density at radius 1 is 1.33 bits per heavy atom. The van der Waals surface area contributed by atoms with E-state index in [-0.39, 0.29) is 18.0 Å². The van der Waals surface area contributed by atoms with Gasteiger partial charge in [0.2, 0.25) is 5.91 Å². The lowest BCUT2D eigenvalue weighted by atomic mass is 9.85. The Labute approximate surface area is 125 Å². The average Bonchev–Trinajstić information content (AvgIpc) is 2.36. The molecule has 1 fully saturated rings. The fourth-order valence-electron chi connectivity index (χ4n) is 2.35. The van der Waals surface area contributed by atoms with Gasteiger partial charge >= 0.3 is 6.03 Å². The average molecular weight is 289 g/mol. The minimum Gasteiger partial charge on any atom is -0.338 e. The summed E-state index contributed by atoms with van der Waals surface area (Å²) < 4.78 is 0. The van der Waals surface area contributed by atoms with Crippen LogP contribution >= 0.6 is 0 Å². The van der Waals surface area contributed by atoms with Crippen LogP contribution in [0.15, 0.2) is 24.3 Å². The predicted octanol–water partition coefficient (Wildman–Crippen LogP) is 2.81. The first-order valence-electron chi connectivity index (χ1n) is 7.46. The summed E-state index contributed by atoms with van der Waals surface area (Å²) >= 11 is 0. The molecular weight excluding hydrogens is 266 g/mol. The first-order chi connectivity index (χ1) is 10.0. The zero-order valence-corrected chi connectivity index (χ0v) is 12.6. The molecule has 0 unspecified atom stereocenters. The maximum atomic E-state index is 11.8. The van der Waals surface area contributed by atoms with Gasteiger partial charge in [-0.1, -0.05) is 18.6 Å². The largest absolute Gasteiger partial charge is 0.338 e. The first kappa shape index (κ1) is 15.4. The van der Waals surface area contributed by atoms with Crippen LogP contribution in [0, 0.1) is 5.92 Å². The molecule has 3 amide bonds. The van der Waals surface area contributed by atoms with Crippen LogP contribution in [0.25, 0.3) is 0 Å². The van der Waals surface area contributed by atoms with Crippen LogP contribution in [0.5, 0.6) is 0 Å². The fraction of sp³-hybridized carbons (Fsp3) is 0.500. The molecule has 0 aromatic heterocycles. The fourth-order valence-corrected chi connectivity index (χ4v) is 2.35. The quantitative estimate of drug-likeness (QED) is 0.780. The van der Waals surface area contributed by atoms with Gasteiger partial charge in [-0.15, -0.1) is 0 Å². The van der Waals surface area contributed by atoms with Crippen molar-refractivity contribution in [2.24, 2.45) is 5.92 Å². The van der Waals surface area contributed by atoms with Crippen molar-refractivity contribution in [1.29, 1.82) is 0 Å². The van der Waals surface area contributed by atoms with Gasteiger partial charge in [0, 0.05) is 19.2 Å². The molecule has 0 spiro atoms. The molecule has 3 N–H and O–H groups in total. The minimum atomic E-state index is -0.140. The summed E-state index contributed by atoms with van der Waals surface area (Å²) in [4.78, 5) is 22.9. The van der Waals surface area contributed by atoms with Crippen LogP contribution in [0.2, 0.25) is 0 Å². The number of hydrogen-bond acceptors (Lipinski definition) is 2. The molecule has 1 aromatic carbocycles. The molecule has 1 aromatic rings. The van der Waals surface area contributed by atoms with Crippen molar-refractivity contribution in [3.8, 4) is 0 Å². The molecule has 1 aliphatic carbocycles. The number of hydrogen-bond donors (Lipinski definition) is 3. The number of anilines is 1. The van der Waals surface area contributed by atoms with Crippen molar-refractivity contribution in [3.63, 3.8) is 0 Å². The lowest BCUT2D eigenvalue weighted by molar-refractivity contribution is -0.114. The molecule has 2 rings (SSSR count). The van der Waals surface area contributed by atoms with E-state index in [2.05, 4.69) is 16.0 Å². The van der Waals surface area contributed by atoms with Gasteiger partial charge in [-0.2, -0.15) is 0 Å². The van der Waals surface area contributed by atoms with Crippen LogP contribution in [0.4, 0.5) is 10.5 Å². The highest BCUT2D eigenvalue weighted by atomic mass is 16.2. The highest BCUT2D eigenvalue weighted by molar-refractivity contribution is 5.88. The van der Waals surface area contributed by atoms with Crippen molar-refractivity contribution in [3.05, 3.63) is 29.8 Å². The monoisotopic (exact) mass is 289 g/mol. The molecule has 5 heteroatoms. The molecule has 1 saturated carbocycles. The van der Waals surface area contributed by atoms with E-state index >= 15 is 0 Å². The van der Waals surface area contributed by atoms with Gasteiger partial charge in [0.25, 0.3) is 0 Å². The summed E-state index contributed by atoms with van der Waals surface area (Å²) in [5.41, 5.74) is 1.70. The number of amides is 3. The second kappa shape index (κ2) is 7.11. The second-order valence-electron chi connectivity index (χ2n) is 5.68. The van der Waals surface area contributed by atoms with Gasteiger partial charge in [-0.05, 0) is 43.4 Å². The maximum Gasteiger partial charge on any atom is 0.315 e. The molecule has 0 aliphatic heterocycles. The normalized spacial score (nSPS) is 15.7. The van der Waals surface area contributed by atoms with Crippen LogP contribution in [0.3, 0.4) is 0 Å². The molecule has 21 heavy (non-hydrogen) atoms. The predicted molar refractivity (Wildman–Crippen MR) is 83.0 cm³/mol. The Morgan fingerprint density at radius 3 is 2.71 bits per heavy atom. The van der Waals surface area contributed by atoms with E-state index in [1.165, 1.54) is 26.2 Å². The van der Waals surface area contributed by atoms with Crippen LogP contribution in [-0.2, 0) is 4.79 Å². The maximum absolute atomic E-state index is 11.8. The van der Waals surface area contributed by atoms with Crippen LogP contribution in [-0.4, -0.2) is 18.5 Å². The molecule has 5 nitrogen and oxygen atoms in total. The third-order valence-electron chi connectivity index (χ3n) is 3.83. The van der Waals surface area contributed by atoms with Crippen LogP contribution in [0.1, 0.15) is 44.7 Å². The van der Waals surface area contributed by atoms with E-state index in [4.69, 9.17) is 0 Å². The molecular formula is C16H23N3O2. The van der Waals surface area contributed by atoms with Crippen molar-refractivity contribution in [1.82, 2.24) is 10.6 Å². The molecule has 0 saturated heterocycles. The number of rotatable bonds is 5. The van der Waals surface area contributed by atoms with E-state index in [0.717, 1.165) is 17.8 Å². The SMILES string of the molecule is CC(=O)Nc1cccc([C@H](C)NC(=O)NCC2CCC2)c1. The van der Waals surface area contributed by atoms with Crippen LogP contribution < -0.4 is 16.0 Å². The Bertz CT molecular complexity index is 512. The number of carbonyl (C=O) groups excluding carboxylic acids is 2. The van der Waals surface area contributed by atoms with Gasteiger partial charge in [-0.3, -0.25) is 4.79 Å². The van der Waals surface area contributed by atoms with E-state index in [0.29, 0.717) is 5.92 Å². The van der Waals surface area contributed by atoms with Crippen molar-refractivity contribution < 1.29 is 9.59 Å².